The molecule has 5 heterocycles. The van der Waals surface area contributed by atoms with Crippen LogP contribution in [0, 0.1) is 19.7 Å². The number of piperazine rings is 1. The van der Waals surface area contributed by atoms with E-state index in [4.69, 9.17) is 18.6 Å². The van der Waals surface area contributed by atoms with Gasteiger partial charge in [-0.2, -0.15) is 12.7 Å². The van der Waals surface area contributed by atoms with Crippen LogP contribution < -0.4 is 20.0 Å². The number of halogens is 1. The molecular formula is C37H46FN5O9S. The standard InChI is InChI=1S/C37H46FN5O9S/c1-6-51-32-15-27(30(38)14-28(32)35(44)39-53(47,48)43-23-7-8-24(43)20-50-19-23)36(45)42-10-9-26-29(17-42)37(46)52-34-22(3)31(13-21(2)33(26)34)41-12-11-40(4)25(16-41)18-49-5/h13-15,23-25H,6-12,16-20H2,1-5H3,(H,39,44)/t23?,24?,25-/m1/s1. The van der Waals surface area contributed by atoms with E-state index in [1.807, 2.05) is 13.8 Å². The van der Waals surface area contributed by atoms with Gasteiger partial charge in [0.2, 0.25) is 0 Å². The molecule has 286 valence electrons. The van der Waals surface area contributed by atoms with Crippen molar-refractivity contribution in [2.45, 2.75) is 64.7 Å². The van der Waals surface area contributed by atoms with Crippen molar-refractivity contribution in [3.63, 3.8) is 0 Å². The lowest BCUT2D eigenvalue weighted by atomic mass is 9.92. The molecule has 2 aromatic carbocycles. The minimum atomic E-state index is -4.27. The van der Waals surface area contributed by atoms with Crippen molar-refractivity contribution < 1.29 is 41.0 Å². The fourth-order valence-corrected chi connectivity index (χ4v) is 9.91. The Morgan fingerprint density at radius 3 is 2.47 bits per heavy atom. The smallest absolute Gasteiger partial charge is 0.341 e. The van der Waals surface area contributed by atoms with E-state index in [9.17, 15) is 22.8 Å². The number of hydrogen-bond acceptors (Lipinski definition) is 11. The molecular weight excluding hydrogens is 709 g/mol. The van der Waals surface area contributed by atoms with Crippen LogP contribution in [0.15, 0.2) is 27.4 Å². The van der Waals surface area contributed by atoms with Gasteiger partial charge in [0.15, 0.2) is 0 Å². The molecule has 0 saturated carbocycles. The van der Waals surface area contributed by atoms with Gasteiger partial charge in [-0.1, -0.05) is 0 Å². The lowest BCUT2D eigenvalue weighted by Gasteiger charge is -2.41. The van der Waals surface area contributed by atoms with Gasteiger partial charge in [-0.05, 0) is 76.4 Å². The van der Waals surface area contributed by atoms with E-state index in [0.717, 1.165) is 59.5 Å². The minimum absolute atomic E-state index is 0.0636. The fourth-order valence-electron chi connectivity index (χ4n) is 8.34. The van der Waals surface area contributed by atoms with Crippen molar-refractivity contribution in [3.8, 4) is 5.75 Å². The summed E-state index contributed by atoms with van der Waals surface area (Å²) in [5.74, 6) is -2.96. The number of ether oxygens (including phenoxy) is 3. The number of likely N-dealkylation sites (N-methyl/N-ethyl adjacent to an activating group) is 1. The third-order valence-corrected chi connectivity index (χ3v) is 12.7. The maximum Gasteiger partial charge on any atom is 0.341 e. The van der Waals surface area contributed by atoms with Gasteiger partial charge in [0, 0.05) is 49.9 Å². The van der Waals surface area contributed by atoms with Gasteiger partial charge >= 0.3 is 15.8 Å². The lowest BCUT2D eigenvalue weighted by molar-refractivity contribution is 0.0263. The van der Waals surface area contributed by atoms with Crippen molar-refractivity contribution in [1.82, 2.24) is 18.8 Å². The summed E-state index contributed by atoms with van der Waals surface area (Å²) in [5, 5.41) is 0.843. The van der Waals surface area contributed by atoms with Gasteiger partial charge in [0.05, 0.1) is 67.8 Å². The van der Waals surface area contributed by atoms with Gasteiger partial charge in [0.25, 0.3) is 11.8 Å². The summed E-state index contributed by atoms with van der Waals surface area (Å²) in [7, 11) is -0.485. The van der Waals surface area contributed by atoms with Crippen LogP contribution in [0.2, 0.25) is 0 Å². The molecule has 1 N–H and O–H groups in total. The third kappa shape index (κ3) is 6.79. The molecule has 1 aromatic heterocycles. The van der Waals surface area contributed by atoms with Crippen LogP contribution in [-0.2, 0) is 32.6 Å². The first-order chi connectivity index (χ1) is 25.3. The van der Waals surface area contributed by atoms with Crippen LogP contribution in [0.1, 0.15) is 62.7 Å². The van der Waals surface area contributed by atoms with Crippen molar-refractivity contribution in [2.24, 2.45) is 0 Å². The second kappa shape index (κ2) is 14.6. The number of amides is 2. The highest BCUT2D eigenvalue weighted by molar-refractivity contribution is 7.87. The first kappa shape index (κ1) is 37.2. The van der Waals surface area contributed by atoms with Crippen LogP contribution >= 0.6 is 0 Å². The first-order valence-electron chi connectivity index (χ1n) is 18.0. The minimum Gasteiger partial charge on any atom is -0.493 e. The molecule has 2 amide bonds. The second-order valence-corrected chi connectivity index (χ2v) is 15.9. The van der Waals surface area contributed by atoms with Gasteiger partial charge < -0.3 is 28.4 Å². The predicted octanol–water partition coefficient (Wildman–Crippen LogP) is 2.75. The summed E-state index contributed by atoms with van der Waals surface area (Å²) in [6, 6.07) is 3.50. The summed E-state index contributed by atoms with van der Waals surface area (Å²) in [6.07, 6.45) is 1.57. The fraction of sp³-hybridized carbons (Fsp3) is 0.541. The molecule has 0 radical (unpaired) electrons. The summed E-state index contributed by atoms with van der Waals surface area (Å²) in [6.45, 7) is 9.27. The molecule has 3 atom stereocenters. The Morgan fingerprint density at radius 1 is 1.04 bits per heavy atom. The van der Waals surface area contributed by atoms with Gasteiger partial charge in [-0.25, -0.2) is 13.9 Å². The zero-order chi connectivity index (χ0) is 37.8. The second-order valence-electron chi connectivity index (χ2n) is 14.4. The highest BCUT2D eigenvalue weighted by Gasteiger charge is 2.45. The zero-order valence-corrected chi connectivity index (χ0v) is 31.5. The van der Waals surface area contributed by atoms with E-state index in [0.29, 0.717) is 37.0 Å². The molecule has 0 aliphatic carbocycles. The molecule has 2 unspecified atom stereocenters. The van der Waals surface area contributed by atoms with E-state index in [1.165, 1.54) is 9.21 Å². The number of carbonyl (C=O) groups is 2. The van der Waals surface area contributed by atoms with E-state index in [1.54, 1.807) is 14.0 Å². The zero-order valence-electron chi connectivity index (χ0n) is 30.7. The predicted molar refractivity (Wildman–Crippen MR) is 194 cm³/mol. The largest absolute Gasteiger partial charge is 0.493 e. The van der Waals surface area contributed by atoms with Crippen LogP contribution in [0.4, 0.5) is 10.1 Å². The van der Waals surface area contributed by atoms with Crippen molar-refractivity contribution in [3.05, 3.63) is 67.8 Å². The topological polar surface area (TPSA) is 151 Å². The number of hydrogen-bond donors (Lipinski definition) is 1. The third-order valence-electron chi connectivity index (χ3n) is 11.1. The Hall–Kier alpha value is -4.09. The quantitative estimate of drug-likeness (QED) is 0.321. The molecule has 16 heteroatoms. The van der Waals surface area contributed by atoms with Gasteiger partial charge in [0.1, 0.15) is 17.1 Å². The lowest BCUT2D eigenvalue weighted by Crippen LogP contribution is -2.54. The Kier molecular flexibility index (Phi) is 10.3. The summed E-state index contributed by atoms with van der Waals surface area (Å²) in [5.41, 5.74) is 3.19. The highest BCUT2D eigenvalue weighted by atomic mass is 32.2. The monoisotopic (exact) mass is 755 g/mol. The molecule has 0 spiro atoms. The first-order valence-corrected chi connectivity index (χ1v) is 19.5. The summed E-state index contributed by atoms with van der Waals surface area (Å²) in [4.78, 5) is 46.7. The number of rotatable bonds is 9. The Bertz CT molecular complexity index is 2110. The molecule has 53 heavy (non-hydrogen) atoms. The van der Waals surface area contributed by atoms with Gasteiger partial charge in [-0.15, -0.1) is 0 Å². The number of morpholine rings is 1. The maximum atomic E-state index is 15.8. The van der Waals surface area contributed by atoms with Crippen molar-refractivity contribution in [1.29, 1.82) is 0 Å². The molecule has 2 bridgehead atoms. The molecule has 4 aliphatic heterocycles. The summed E-state index contributed by atoms with van der Waals surface area (Å²) >= 11 is 0. The number of methoxy groups -OCH3 is 1. The number of anilines is 1. The number of carbonyl (C=O) groups excluding carboxylic acids is 2. The SMILES string of the molecule is CCOc1cc(C(=O)N2CCc3c(c(=O)oc4c(C)c(N5CCN(C)[C@@H](COC)C5)cc(C)c34)C2)c(F)cc1C(=O)NS(=O)(=O)N1C2CCC1COC2. The van der Waals surface area contributed by atoms with Crippen molar-refractivity contribution >= 4 is 38.7 Å². The van der Waals surface area contributed by atoms with Crippen LogP contribution in [-0.4, -0.2) is 119 Å². The number of fused-ring (bicyclic) bond motifs is 5. The van der Waals surface area contributed by atoms with Crippen LogP contribution in [0.3, 0.4) is 0 Å². The van der Waals surface area contributed by atoms with Gasteiger partial charge in [-0.3, -0.25) is 14.5 Å². The normalized spacial score (nSPS) is 22.3. The Balaban J connectivity index is 1.14. The van der Waals surface area contributed by atoms with Crippen LogP contribution in [0.25, 0.3) is 11.0 Å². The van der Waals surface area contributed by atoms with E-state index < -0.39 is 33.5 Å². The Morgan fingerprint density at radius 2 is 1.77 bits per heavy atom. The highest BCUT2D eigenvalue weighted by Crippen LogP contribution is 2.37. The van der Waals surface area contributed by atoms with Crippen molar-refractivity contribution in [2.75, 3.05) is 71.7 Å². The molecule has 7 rings (SSSR count). The average Bonchev–Trinajstić information content (AvgIpc) is 3.40. The average molecular weight is 756 g/mol. The number of nitrogens with zero attached hydrogens (tertiary/aromatic N) is 4. The van der Waals surface area contributed by atoms with E-state index in [2.05, 4.69) is 27.6 Å². The number of benzene rings is 2. The van der Waals surface area contributed by atoms with E-state index >= 15 is 4.39 Å². The molecule has 4 aliphatic rings. The molecule has 14 nitrogen and oxygen atoms in total. The number of aryl methyl sites for hydroxylation is 2. The molecule has 3 saturated heterocycles. The Labute approximate surface area is 307 Å². The molecule has 3 aromatic rings. The maximum absolute atomic E-state index is 15.8. The summed E-state index contributed by atoms with van der Waals surface area (Å²) < 4.78 is 68.1. The number of nitrogens with one attached hydrogen (secondary N) is 1. The van der Waals surface area contributed by atoms with Crippen LogP contribution in [0.5, 0.6) is 5.75 Å². The van der Waals surface area contributed by atoms with E-state index in [-0.39, 0.29) is 67.9 Å². The molecule has 3 fully saturated rings.